The molecule has 0 bridgehead atoms. The largest absolute Gasteiger partial charge is 0.497 e. The van der Waals surface area contributed by atoms with Gasteiger partial charge in [0, 0.05) is 38.6 Å². The normalized spacial score (nSPS) is 25.0. The summed E-state index contributed by atoms with van der Waals surface area (Å²) in [6.45, 7) is 6.79. The number of piperidine rings is 1. The third-order valence-electron chi connectivity index (χ3n) is 5.47. The number of benzene rings is 1. The lowest BCUT2D eigenvalue weighted by Gasteiger charge is -2.43. The molecule has 6 heteroatoms. The van der Waals surface area contributed by atoms with Gasteiger partial charge in [0.2, 0.25) is 5.91 Å². The maximum Gasteiger partial charge on any atom is 0.233 e. The highest BCUT2D eigenvalue weighted by atomic mass is 16.5. The molecular formula is C20H31N3O3. The molecule has 1 amide bonds. The molecule has 1 atom stereocenters. The molecule has 2 aliphatic rings. The van der Waals surface area contributed by atoms with E-state index in [-0.39, 0.29) is 11.3 Å². The van der Waals surface area contributed by atoms with E-state index in [1.165, 1.54) is 12.0 Å². The fraction of sp³-hybridized carbons (Fsp3) is 0.650. The monoisotopic (exact) mass is 361 g/mol. The Balaban J connectivity index is 1.63. The van der Waals surface area contributed by atoms with E-state index in [2.05, 4.69) is 27.2 Å². The van der Waals surface area contributed by atoms with Crippen molar-refractivity contribution >= 4 is 5.91 Å². The zero-order valence-electron chi connectivity index (χ0n) is 16.0. The molecule has 1 N–H and O–H groups in total. The number of rotatable bonds is 5. The lowest BCUT2D eigenvalue weighted by Crippen LogP contribution is -2.51. The van der Waals surface area contributed by atoms with Crippen molar-refractivity contribution in [2.75, 3.05) is 60.1 Å². The molecule has 0 saturated carbocycles. The summed E-state index contributed by atoms with van der Waals surface area (Å²) in [5.41, 5.74) is 1.43. The Labute approximate surface area is 156 Å². The van der Waals surface area contributed by atoms with Crippen molar-refractivity contribution in [3.63, 3.8) is 0 Å². The molecule has 0 radical (unpaired) electrons. The van der Waals surface area contributed by atoms with Crippen molar-refractivity contribution in [2.24, 2.45) is 5.41 Å². The number of amides is 1. The van der Waals surface area contributed by atoms with Gasteiger partial charge in [0.05, 0.1) is 26.9 Å². The molecule has 1 aromatic carbocycles. The Morgan fingerprint density at radius 3 is 2.73 bits per heavy atom. The maximum atomic E-state index is 11.8. The van der Waals surface area contributed by atoms with Crippen molar-refractivity contribution in [2.45, 2.75) is 19.4 Å². The predicted octanol–water partition coefficient (Wildman–Crippen LogP) is 1.36. The van der Waals surface area contributed by atoms with E-state index in [1.807, 2.05) is 12.1 Å². The number of ether oxygens (including phenoxy) is 2. The Kier molecular flexibility index (Phi) is 6.51. The van der Waals surface area contributed by atoms with Crippen LogP contribution in [0, 0.1) is 5.41 Å². The van der Waals surface area contributed by atoms with Crippen LogP contribution >= 0.6 is 0 Å². The second kappa shape index (κ2) is 8.84. The average molecular weight is 361 g/mol. The lowest BCUT2D eigenvalue weighted by atomic mass is 9.80. The van der Waals surface area contributed by atoms with Gasteiger partial charge in [-0.1, -0.05) is 12.1 Å². The minimum atomic E-state index is 0.0768. The van der Waals surface area contributed by atoms with E-state index in [0.29, 0.717) is 13.2 Å². The Bertz CT molecular complexity index is 592. The van der Waals surface area contributed by atoms with Gasteiger partial charge in [-0.05, 0) is 37.1 Å². The van der Waals surface area contributed by atoms with E-state index in [4.69, 9.17) is 9.47 Å². The Morgan fingerprint density at radius 1 is 1.23 bits per heavy atom. The first-order chi connectivity index (χ1) is 12.6. The molecule has 144 valence electrons. The molecule has 1 aromatic rings. The van der Waals surface area contributed by atoms with E-state index in [0.717, 1.165) is 51.5 Å². The number of likely N-dealkylation sites (tertiary alicyclic amines) is 1. The fourth-order valence-electron chi connectivity index (χ4n) is 4.18. The van der Waals surface area contributed by atoms with Gasteiger partial charge in [0.15, 0.2) is 0 Å². The molecule has 1 spiro atoms. The zero-order chi connectivity index (χ0) is 18.4. The summed E-state index contributed by atoms with van der Waals surface area (Å²) < 4.78 is 11.2. The van der Waals surface area contributed by atoms with E-state index < -0.39 is 0 Å². The molecular weight excluding hydrogens is 330 g/mol. The van der Waals surface area contributed by atoms with Gasteiger partial charge in [-0.2, -0.15) is 0 Å². The smallest absolute Gasteiger partial charge is 0.233 e. The van der Waals surface area contributed by atoms with Gasteiger partial charge in [0.1, 0.15) is 5.75 Å². The van der Waals surface area contributed by atoms with Crippen molar-refractivity contribution in [1.29, 1.82) is 0 Å². The highest BCUT2D eigenvalue weighted by Crippen LogP contribution is 2.33. The number of hydrogen-bond donors (Lipinski definition) is 1. The van der Waals surface area contributed by atoms with Crippen LogP contribution in [0.4, 0.5) is 0 Å². The highest BCUT2D eigenvalue weighted by Gasteiger charge is 2.39. The van der Waals surface area contributed by atoms with Gasteiger partial charge in [-0.15, -0.1) is 0 Å². The van der Waals surface area contributed by atoms with Crippen molar-refractivity contribution in [3.05, 3.63) is 29.8 Å². The number of carbonyl (C=O) groups is 1. The first kappa shape index (κ1) is 19.1. The van der Waals surface area contributed by atoms with E-state index >= 15 is 0 Å². The second-order valence-corrected chi connectivity index (χ2v) is 7.60. The summed E-state index contributed by atoms with van der Waals surface area (Å²) in [5.74, 6) is 0.971. The average Bonchev–Trinajstić information content (AvgIpc) is 2.84. The Hall–Kier alpha value is -1.63. The number of likely N-dealkylation sites (N-methyl/N-ethyl adjacent to an activating group) is 1. The van der Waals surface area contributed by atoms with Crippen LogP contribution in [-0.2, 0) is 16.1 Å². The van der Waals surface area contributed by atoms with Crippen LogP contribution in [0.2, 0.25) is 0 Å². The van der Waals surface area contributed by atoms with Gasteiger partial charge in [-0.25, -0.2) is 0 Å². The van der Waals surface area contributed by atoms with Crippen LogP contribution in [0.5, 0.6) is 5.75 Å². The molecule has 6 nitrogen and oxygen atoms in total. The highest BCUT2D eigenvalue weighted by molar-refractivity contribution is 5.77. The zero-order valence-corrected chi connectivity index (χ0v) is 16.0. The maximum absolute atomic E-state index is 11.8. The van der Waals surface area contributed by atoms with Crippen LogP contribution in [0.25, 0.3) is 0 Å². The summed E-state index contributed by atoms with van der Waals surface area (Å²) in [7, 11) is 3.39. The van der Waals surface area contributed by atoms with Crippen molar-refractivity contribution in [1.82, 2.24) is 15.1 Å². The van der Waals surface area contributed by atoms with Gasteiger partial charge >= 0.3 is 0 Å². The van der Waals surface area contributed by atoms with Crippen LogP contribution in [0.15, 0.2) is 24.3 Å². The first-order valence-electron chi connectivity index (χ1n) is 9.48. The van der Waals surface area contributed by atoms with Crippen LogP contribution in [-0.4, -0.2) is 75.8 Å². The van der Waals surface area contributed by atoms with Crippen LogP contribution < -0.4 is 10.1 Å². The van der Waals surface area contributed by atoms with E-state index in [9.17, 15) is 4.79 Å². The number of methoxy groups -OCH3 is 1. The minimum absolute atomic E-state index is 0.0768. The molecule has 0 aliphatic carbocycles. The quantitative estimate of drug-likeness (QED) is 0.858. The van der Waals surface area contributed by atoms with E-state index in [1.54, 1.807) is 14.2 Å². The molecule has 2 fully saturated rings. The third-order valence-corrected chi connectivity index (χ3v) is 5.47. The summed E-state index contributed by atoms with van der Waals surface area (Å²) in [4.78, 5) is 16.6. The number of nitrogens with zero attached hydrogens (tertiary/aromatic N) is 2. The third kappa shape index (κ3) is 4.96. The summed E-state index contributed by atoms with van der Waals surface area (Å²) in [6.07, 6.45) is 2.34. The van der Waals surface area contributed by atoms with Crippen LogP contribution in [0.3, 0.4) is 0 Å². The predicted molar refractivity (Wildman–Crippen MR) is 101 cm³/mol. The summed E-state index contributed by atoms with van der Waals surface area (Å²) >= 11 is 0. The lowest BCUT2D eigenvalue weighted by molar-refractivity contribution is -0.122. The molecule has 2 saturated heterocycles. The Morgan fingerprint density at radius 2 is 2.00 bits per heavy atom. The number of hydrogen-bond acceptors (Lipinski definition) is 5. The molecule has 26 heavy (non-hydrogen) atoms. The number of carbonyl (C=O) groups excluding carboxylic acids is 1. The standard InChI is InChI=1S/C20H31N3O3/c1-21-19(24)13-23-10-11-26-16-20(15-23)8-3-9-22(14-20)12-17-4-6-18(25-2)7-5-17/h4-7H,3,8-16H2,1-2H3,(H,21,24)/t20-/m1/s1. The minimum Gasteiger partial charge on any atom is -0.497 e. The molecule has 2 aliphatic heterocycles. The first-order valence-corrected chi connectivity index (χ1v) is 9.48. The molecule has 0 aromatic heterocycles. The van der Waals surface area contributed by atoms with Crippen molar-refractivity contribution in [3.8, 4) is 5.75 Å². The topological polar surface area (TPSA) is 54.0 Å². The fourth-order valence-corrected chi connectivity index (χ4v) is 4.18. The van der Waals surface area contributed by atoms with Crippen LogP contribution in [0.1, 0.15) is 18.4 Å². The second-order valence-electron chi connectivity index (χ2n) is 7.60. The molecule has 3 rings (SSSR count). The summed E-state index contributed by atoms with van der Waals surface area (Å²) in [5, 5.41) is 2.73. The van der Waals surface area contributed by atoms with Gasteiger partial charge in [-0.3, -0.25) is 14.6 Å². The molecule has 0 unspecified atom stereocenters. The van der Waals surface area contributed by atoms with Crippen molar-refractivity contribution < 1.29 is 14.3 Å². The van der Waals surface area contributed by atoms with Gasteiger partial charge in [0.25, 0.3) is 0 Å². The number of nitrogens with one attached hydrogen (secondary N) is 1. The summed E-state index contributed by atoms with van der Waals surface area (Å²) in [6, 6.07) is 8.33. The SMILES string of the molecule is CNC(=O)CN1CCOC[C@@]2(CCCN(Cc3ccc(OC)cc3)C2)C1. The van der Waals surface area contributed by atoms with Gasteiger partial charge < -0.3 is 14.8 Å². The molecule has 2 heterocycles.